The lowest BCUT2D eigenvalue weighted by Gasteiger charge is -2.27. The van der Waals surface area contributed by atoms with Gasteiger partial charge < -0.3 is 19.3 Å². The van der Waals surface area contributed by atoms with E-state index in [0.717, 1.165) is 6.08 Å². The first-order valence-corrected chi connectivity index (χ1v) is 7.97. The maximum Gasteiger partial charge on any atom is 0.358 e. The summed E-state index contributed by atoms with van der Waals surface area (Å²) in [7, 11) is 0. The molecule has 8 heteroatoms. The zero-order valence-electron chi connectivity index (χ0n) is 13.7. The topological polar surface area (TPSA) is 99.1 Å². The molecule has 1 aromatic carbocycles. The predicted molar refractivity (Wildman–Crippen MR) is 87.5 cm³/mol. The van der Waals surface area contributed by atoms with E-state index in [4.69, 9.17) is 25.8 Å². The molecule has 1 aliphatic rings. The number of carbonyl (C=O) groups is 3. The van der Waals surface area contributed by atoms with Crippen LogP contribution in [0.4, 0.5) is 0 Å². The fraction of sp³-hybridized carbons (Fsp3) is 0.353. The number of hydrogen-bond donors (Lipinski definition) is 1. The van der Waals surface area contributed by atoms with E-state index < -0.39 is 29.6 Å². The fourth-order valence-corrected chi connectivity index (χ4v) is 2.45. The molecule has 0 fully saturated rings. The molecule has 2 rings (SSSR count). The molecule has 1 aliphatic heterocycles. The summed E-state index contributed by atoms with van der Waals surface area (Å²) in [6.07, 6.45) is -0.974. The highest BCUT2D eigenvalue weighted by atomic mass is 35.5. The smallest absolute Gasteiger partial charge is 0.358 e. The predicted octanol–water partition coefficient (Wildman–Crippen LogP) is 1.51. The van der Waals surface area contributed by atoms with Crippen molar-refractivity contribution >= 4 is 35.1 Å². The van der Waals surface area contributed by atoms with Crippen LogP contribution >= 0.6 is 11.6 Å². The van der Waals surface area contributed by atoms with E-state index >= 15 is 0 Å². The van der Waals surface area contributed by atoms with Crippen molar-refractivity contribution in [2.75, 3.05) is 13.2 Å². The summed E-state index contributed by atoms with van der Waals surface area (Å²) in [5, 5.41) is 10.8. The van der Waals surface area contributed by atoms with Crippen molar-refractivity contribution in [3.63, 3.8) is 0 Å². The molecule has 0 bridgehead atoms. The molecule has 2 atom stereocenters. The summed E-state index contributed by atoms with van der Waals surface area (Å²) in [5.74, 6) is -3.04. The average Bonchev–Trinajstić information content (AvgIpc) is 2.94. The van der Waals surface area contributed by atoms with Crippen LogP contribution < -0.4 is 0 Å². The van der Waals surface area contributed by atoms with E-state index in [1.165, 1.54) is 6.92 Å². The number of aliphatic hydroxyl groups is 1. The molecule has 0 amide bonds. The van der Waals surface area contributed by atoms with E-state index in [2.05, 4.69) is 0 Å². The third-order valence-electron chi connectivity index (χ3n) is 3.51. The van der Waals surface area contributed by atoms with Gasteiger partial charge in [-0.2, -0.15) is 0 Å². The number of aliphatic hydroxyl groups excluding tert-OH is 1. The van der Waals surface area contributed by atoms with Crippen molar-refractivity contribution in [1.29, 1.82) is 0 Å². The Hall–Kier alpha value is -2.38. The summed E-state index contributed by atoms with van der Waals surface area (Å²) < 4.78 is 14.7. The van der Waals surface area contributed by atoms with Crippen LogP contribution in [0.3, 0.4) is 0 Å². The molecule has 0 spiro atoms. The average molecular weight is 369 g/mol. The minimum Gasteiger partial charge on any atom is -0.464 e. The Kier molecular flexibility index (Phi) is 5.81. The molecular weight excluding hydrogens is 352 g/mol. The number of benzene rings is 1. The van der Waals surface area contributed by atoms with Crippen LogP contribution in [-0.2, 0) is 28.6 Å². The van der Waals surface area contributed by atoms with Crippen LogP contribution in [0.1, 0.15) is 19.4 Å². The second-order valence-electron chi connectivity index (χ2n) is 5.12. The Morgan fingerprint density at radius 1 is 1.20 bits per heavy atom. The molecule has 0 saturated carbocycles. The molecular formula is C17H17ClO7. The van der Waals surface area contributed by atoms with Gasteiger partial charge in [0.25, 0.3) is 5.60 Å². The van der Waals surface area contributed by atoms with E-state index in [1.807, 2.05) is 0 Å². The Balaban J connectivity index is 2.49. The zero-order chi connectivity index (χ0) is 18.6. The Bertz CT molecular complexity index is 710. The molecule has 0 saturated heterocycles. The van der Waals surface area contributed by atoms with Crippen LogP contribution in [0.2, 0.25) is 5.02 Å². The SMILES string of the molecule is CCOC(=O)C(O)C1(C(=O)OCC)C=C(c2ccc(Cl)cc2)C(=O)O1. The Labute approximate surface area is 149 Å². The van der Waals surface area contributed by atoms with Gasteiger partial charge in [0.15, 0.2) is 0 Å². The number of hydrogen-bond acceptors (Lipinski definition) is 7. The van der Waals surface area contributed by atoms with E-state index in [-0.39, 0.29) is 18.8 Å². The van der Waals surface area contributed by atoms with Crippen molar-refractivity contribution in [3.05, 3.63) is 40.9 Å². The molecule has 1 aromatic rings. The summed E-state index contributed by atoms with van der Waals surface area (Å²) in [6.45, 7) is 3.04. The third kappa shape index (κ3) is 3.67. The molecule has 0 aliphatic carbocycles. The summed E-state index contributed by atoms with van der Waals surface area (Å²) in [4.78, 5) is 36.6. The van der Waals surface area contributed by atoms with Gasteiger partial charge in [0, 0.05) is 5.02 Å². The number of carbonyl (C=O) groups excluding carboxylic acids is 3. The second-order valence-corrected chi connectivity index (χ2v) is 5.56. The van der Waals surface area contributed by atoms with Gasteiger partial charge in [0.05, 0.1) is 18.8 Å². The lowest BCUT2D eigenvalue weighted by atomic mass is 9.94. The van der Waals surface area contributed by atoms with Gasteiger partial charge in [-0.3, -0.25) is 0 Å². The molecule has 1 N–H and O–H groups in total. The minimum atomic E-state index is -2.30. The van der Waals surface area contributed by atoms with E-state index in [1.54, 1.807) is 31.2 Å². The lowest BCUT2D eigenvalue weighted by molar-refractivity contribution is -0.190. The standard InChI is InChI=1S/C17H17ClO7/c1-3-23-15(21)13(19)17(16(22)24-4-2)9-12(14(20)25-17)10-5-7-11(18)8-6-10/h5-9,13,19H,3-4H2,1-2H3. The largest absolute Gasteiger partial charge is 0.464 e. The van der Waals surface area contributed by atoms with Crippen LogP contribution in [0.25, 0.3) is 5.57 Å². The molecule has 2 unspecified atom stereocenters. The van der Waals surface area contributed by atoms with Crippen molar-refractivity contribution in [2.45, 2.75) is 25.6 Å². The van der Waals surface area contributed by atoms with Gasteiger partial charge in [-0.1, -0.05) is 23.7 Å². The van der Waals surface area contributed by atoms with Gasteiger partial charge in [-0.25, -0.2) is 14.4 Å². The van der Waals surface area contributed by atoms with Crippen molar-refractivity contribution in [1.82, 2.24) is 0 Å². The van der Waals surface area contributed by atoms with Gasteiger partial charge in [-0.05, 0) is 37.6 Å². The molecule has 1 heterocycles. The van der Waals surface area contributed by atoms with E-state index in [0.29, 0.717) is 10.6 Å². The molecule has 0 radical (unpaired) electrons. The quantitative estimate of drug-likeness (QED) is 0.600. The molecule has 0 aromatic heterocycles. The first-order valence-electron chi connectivity index (χ1n) is 7.59. The first-order chi connectivity index (χ1) is 11.9. The number of cyclic esters (lactones) is 1. The minimum absolute atomic E-state index is 0.00747. The highest BCUT2D eigenvalue weighted by molar-refractivity contribution is 6.30. The number of rotatable bonds is 6. The van der Waals surface area contributed by atoms with Gasteiger partial charge >= 0.3 is 17.9 Å². The van der Waals surface area contributed by atoms with Crippen LogP contribution in [0.5, 0.6) is 0 Å². The number of halogens is 1. The first kappa shape index (κ1) is 19.0. The highest BCUT2D eigenvalue weighted by Gasteiger charge is 2.57. The highest BCUT2D eigenvalue weighted by Crippen LogP contribution is 2.35. The Morgan fingerprint density at radius 3 is 2.36 bits per heavy atom. The maximum absolute atomic E-state index is 12.4. The summed E-state index contributed by atoms with van der Waals surface area (Å²) in [5.41, 5.74) is -1.88. The maximum atomic E-state index is 12.4. The number of esters is 3. The van der Waals surface area contributed by atoms with Crippen LogP contribution in [0, 0.1) is 0 Å². The van der Waals surface area contributed by atoms with Crippen LogP contribution in [-0.4, -0.2) is 47.9 Å². The summed E-state index contributed by atoms with van der Waals surface area (Å²) in [6, 6.07) is 6.20. The van der Waals surface area contributed by atoms with Gasteiger partial charge in [0.2, 0.25) is 6.10 Å². The van der Waals surface area contributed by atoms with Crippen LogP contribution in [0.15, 0.2) is 30.3 Å². The second kappa shape index (κ2) is 7.67. The fourth-order valence-electron chi connectivity index (χ4n) is 2.33. The van der Waals surface area contributed by atoms with Crippen molar-refractivity contribution in [3.8, 4) is 0 Å². The molecule has 134 valence electrons. The normalized spacial score (nSPS) is 20.5. The molecule has 7 nitrogen and oxygen atoms in total. The van der Waals surface area contributed by atoms with Gasteiger partial charge in [0.1, 0.15) is 0 Å². The number of ether oxygens (including phenoxy) is 3. The zero-order valence-corrected chi connectivity index (χ0v) is 14.4. The van der Waals surface area contributed by atoms with Gasteiger partial charge in [-0.15, -0.1) is 0 Å². The van der Waals surface area contributed by atoms with E-state index in [9.17, 15) is 19.5 Å². The Morgan fingerprint density at radius 2 is 1.80 bits per heavy atom. The lowest BCUT2D eigenvalue weighted by Crippen LogP contribution is -2.54. The van der Waals surface area contributed by atoms with Crippen molar-refractivity contribution < 1.29 is 33.7 Å². The van der Waals surface area contributed by atoms with Crippen molar-refractivity contribution in [2.24, 2.45) is 0 Å². The summed E-state index contributed by atoms with van der Waals surface area (Å²) >= 11 is 5.82. The third-order valence-corrected chi connectivity index (χ3v) is 3.76. The monoisotopic (exact) mass is 368 g/mol. The molecule has 25 heavy (non-hydrogen) atoms.